The van der Waals surface area contributed by atoms with E-state index in [2.05, 4.69) is 5.43 Å². The van der Waals surface area contributed by atoms with E-state index >= 15 is 0 Å². The van der Waals surface area contributed by atoms with Crippen LogP contribution in [0.15, 0.2) is 41.0 Å². The molecule has 0 aliphatic rings. The van der Waals surface area contributed by atoms with Crippen molar-refractivity contribution in [3.8, 4) is 0 Å². The fourth-order valence-electron chi connectivity index (χ4n) is 1.67. The first-order chi connectivity index (χ1) is 8.20. The third-order valence-corrected chi connectivity index (χ3v) is 3.14. The molecule has 5 heteroatoms. The van der Waals surface area contributed by atoms with Crippen LogP contribution in [0.1, 0.15) is 17.2 Å². The zero-order valence-corrected chi connectivity index (χ0v) is 10.5. The molecule has 0 aliphatic heterocycles. The number of benzene rings is 1. The zero-order valence-electron chi connectivity index (χ0n) is 8.99. The molecule has 0 fully saturated rings. The third-order valence-electron chi connectivity index (χ3n) is 2.58. The van der Waals surface area contributed by atoms with E-state index in [1.807, 2.05) is 30.3 Å². The lowest BCUT2D eigenvalue weighted by Crippen LogP contribution is -2.29. The summed E-state index contributed by atoms with van der Waals surface area (Å²) >= 11 is 11.8. The summed E-state index contributed by atoms with van der Waals surface area (Å²) in [6, 6.07) is 9.34. The van der Waals surface area contributed by atoms with Gasteiger partial charge in [-0.05, 0) is 41.8 Å². The summed E-state index contributed by atoms with van der Waals surface area (Å²) in [5, 5.41) is 1.08. The van der Waals surface area contributed by atoms with E-state index in [1.165, 1.54) is 0 Å². The number of furan rings is 1. The third kappa shape index (κ3) is 3.01. The van der Waals surface area contributed by atoms with E-state index in [-0.39, 0.29) is 6.04 Å². The second-order valence-corrected chi connectivity index (χ2v) is 4.48. The van der Waals surface area contributed by atoms with Gasteiger partial charge in [0.25, 0.3) is 0 Å². The second-order valence-electron chi connectivity index (χ2n) is 3.70. The Morgan fingerprint density at radius 1 is 1.18 bits per heavy atom. The Balaban J connectivity index is 2.16. The molecule has 0 spiro atoms. The van der Waals surface area contributed by atoms with Gasteiger partial charge < -0.3 is 4.42 Å². The van der Waals surface area contributed by atoms with Gasteiger partial charge in [0, 0.05) is 10.6 Å². The van der Waals surface area contributed by atoms with Crippen LogP contribution >= 0.6 is 23.2 Å². The van der Waals surface area contributed by atoms with E-state index in [0.29, 0.717) is 16.7 Å². The average molecular weight is 271 g/mol. The lowest BCUT2D eigenvalue weighted by molar-refractivity contribution is 0.527. The summed E-state index contributed by atoms with van der Waals surface area (Å²) in [6.07, 6.45) is 2.26. The molecule has 0 saturated heterocycles. The molecule has 1 aromatic carbocycles. The maximum absolute atomic E-state index is 5.92. The molecule has 1 atom stereocenters. The molecule has 0 amide bonds. The van der Waals surface area contributed by atoms with Crippen molar-refractivity contribution in [3.05, 3.63) is 58.0 Å². The van der Waals surface area contributed by atoms with Crippen LogP contribution in [0.25, 0.3) is 0 Å². The molecule has 3 nitrogen and oxygen atoms in total. The fraction of sp³-hybridized carbons (Fsp3) is 0.167. The molecule has 0 radical (unpaired) electrons. The average Bonchev–Trinajstić information content (AvgIpc) is 2.75. The molecule has 0 bridgehead atoms. The quantitative estimate of drug-likeness (QED) is 0.662. The second kappa shape index (κ2) is 5.56. The Labute approximate surface area is 109 Å². The SMILES string of the molecule is NNC(Cc1ccc(Cl)cc1)c1ccoc1Cl. The number of hydrazine groups is 1. The number of halogens is 2. The van der Waals surface area contributed by atoms with Crippen molar-refractivity contribution in [1.29, 1.82) is 0 Å². The number of hydrogen-bond acceptors (Lipinski definition) is 3. The van der Waals surface area contributed by atoms with Gasteiger partial charge in [-0.1, -0.05) is 23.7 Å². The maximum Gasteiger partial charge on any atom is 0.197 e. The summed E-state index contributed by atoms with van der Waals surface area (Å²) in [6.45, 7) is 0. The van der Waals surface area contributed by atoms with Gasteiger partial charge in [-0.15, -0.1) is 0 Å². The molecule has 2 rings (SSSR count). The van der Waals surface area contributed by atoms with Crippen LogP contribution in [0, 0.1) is 0 Å². The van der Waals surface area contributed by atoms with Crippen LogP contribution in [-0.2, 0) is 6.42 Å². The molecule has 17 heavy (non-hydrogen) atoms. The molecule has 1 unspecified atom stereocenters. The molecule has 3 N–H and O–H groups in total. The minimum atomic E-state index is -0.0811. The molecule has 1 aromatic heterocycles. The Hall–Kier alpha value is -1.00. The molecule has 0 aliphatic carbocycles. The standard InChI is InChI=1S/C12H12Cl2N2O/c13-9-3-1-8(2-4-9)7-11(16-15)10-5-6-17-12(10)14/h1-6,11,16H,7,15H2. The Kier molecular flexibility index (Phi) is 4.07. The number of rotatable bonds is 4. The van der Waals surface area contributed by atoms with Crippen molar-refractivity contribution in [2.45, 2.75) is 12.5 Å². The number of nitrogens with two attached hydrogens (primary N) is 1. The first-order valence-corrected chi connectivity index (χ1v) is 5.89. The highest BCUT2D eigenvalue weighted by molar-refractivity contribution is 6.30. The van der Waals surface area contributed by atoms with Gasteiger partial charge in [-0.25, -0.2) is 0 Å². The lowest BCUT2D eigenvalue weighted by atomic mass is 10.0. The van der Waals surface area contributed by atoms with Gasteiger partial charge >= 0.3 is 0 Å². The number of hydrogen-bond donors (Lipinski definition) is 2. The van der Waals surface area contributed by atoms with Gasteiger partial charge in [0.15, 0.2) is 5.22 Å². The first kappa shape index (κ1) is 12.5. The Morgan fingerprint density at radius 2 is 1.88 bits per heavy atom. The van der Waals surface area contributed by atoms with Crippen molar-refractivity contribution in [1.82, 2.24) is 5.43 Å². The number of nitrogens with one attached hydrogen (secondary N) is 1. The molecule has 90 valence electrons. The highest BCUT2D eigenvalue weighted by Gasteiger charge is 2.16. The minimum Gasteiger partial charge on any atom is -0.453 e. The van der Waals surface area contributed by atoms with Gasteiger partial charge in [-0.3, -0.25) is 11.3 Å². The lowest BCUT2D eigenvalue weighted by Gasteiger charge is -2.14. The highest BCUT2D eigenvalue weighted by Crippen LogP contribution is 2.26. The minimum absolute atomic E-state index is 0.0811. The molecule has 1 heterocycles. The molecule has 2 aromatic rings. The van der Waals surface area contributed by atoms with Gasteiger partial charge in [0.1, 0.15) is 0 Å². The van der Waals surface area contributed by atoms with E-state index in [4.69, 9.17) is 33.5 Å². The fourth-order valence-corrected chi connectivity index (χ4v) is 2.04. The van der Waals surface area contributed by atoms with Crippen molar-refractivity contribution in [2.75, 3.05) is 0 Å². The Morgan fingerprint density at radius 3 is 2.41 bits per heavy atom. The molecular formula is C12H12Cl2N2O. The molecular weight excluding hydrogens is 259 g/mol. The normalized spacial score (nSPS) is 12.6. The molecule has 0 saturated carbocycles. The summed E-state index contributed by atoms with van der Waals surface area (Å²) in [7, 11) is 0. The van der Waals surface area contributed by atoms with Crippen molar-refractivity contribution in [2.24, 2.45) is 5.84 Å². The predicted octanol–water partition coefficient (Wildman–Crippen LogP) is 3.33. The summed E-state index contributed by atoms with van der Waals surface area (Å²) < 4.78 is 5.05. The van der Waals surface area contributed by atoms with Gasteiger partial charge in [-0.2, -0.15) is 0 Å². The van der Waals surface area contributed by atoms with Gasteiger partial charge in [0.05, 0.1) is 12.3 Å². The maximum atomic E-state index is 5.92. The largest absolute Gasteiger partial charge is 0.453 e. The van der Waals surface area contributed by atoms with Crippen LogP contribution in [0.2, 0.25) is 10.2 Å². The summed E-state index contributed by atoms with van der Waals surface area (Å²) in [5.74, 6) is 5.53. The van der Waals surface area contributed by atoms with Crippen molar-refractivity contribution >= 4 is 23.2 Å². The Bertz CT molecular complexity index is 482. The highest BCUT2D eigenvalue weighted by atomic mass is 35.5. The van der Waals surface area contributed by atoms with Crippen LogP contribution in [-0.4, -0.2) is 0 Å². The first-order valence-electron chi connectivity index (χ1n) is 5.14. The summed E-state index contributed by atoms with van der Waals surface area (Å²) in [5.41, 5.74) is 4.70. The summed E-state index contributed by atoms with van der Waals surface area (Å²) in [4.78, 5) is 0. The predicted molar refractivity (Wildman–Crippen MR) is 68.9 cm³/mol. The monoisotopic (exact) mass is 270 g/mol. The smallest absolute Gasteiger partial charge is 0.197 e. The van der Waals surface area contributed by atoms with Crippen LogP contribution in [0.3, 0.4) is 0 Å². The van der Waals surface area contributed by atoms with Crippen LogP contribution in [0.5, 0.6) is 0 Å². The zero-order chi connectivity index (χ0) is 12.3. The van der Waals surface area contributed by atoms with E-state index in [0.717, 1.165) is 11.1 Å². The topological polar surface area (TPSA) is 51.2 Å². The van der Waals surface area contributed by atoms with E-state index in [1.54, 1.807) is 6.26 Å². The van der Waals surface area contributed by atoms with Crippen LogP contribution < -0.4 is 11.3 Å². The van der Waals surface area contributed by atoms with Crippen molar-refractivity contribution in [3.63, 3.8) is 0 Å². The van der Waals surface area contributed by atoms with Gasteiger partial charge in [0.2, 0.25) is 0 Å². The van der Waals surface area contributed by atoms with Crippen LogP contribution in [0.4, 0.5) is 0 Å². The van der Waals surface area contributed by atoms with E-state index in [9.17, 15) is 0 Å². The van der Waals surface area contributed by atoms with Crippen molar-refractivity contribution < 1.29 is 4.42 Å². The van der Waals surface area contributed by atoms with E-state index < -0.39 is 0 Å².